The maximum absolute atomic E-state index is 13.1. The van der Waals surface area contributed by atoms with Crippen LogP contribution in [0.4, 0.5) is 0 Å². The molecule has 29 heavy (non-hydrogen) atoms. The minimum atomic E-state index is -0.301. The van der Waals surface area contributed by atoms with E-state index in [2.05, 4.69) is 4.98 Å². The number of hydrogen-bond donors (Lipinski definition) is 0. The highest BCUT2D eigenvalue weighted by Crippen LogP contribution is 2.29. The SMILES string of the molecule is COc1ccc(CN2CC(C(=O)N3CCc4ccnc(OC)c4C3)CC2=O)cc1. The van der Waals surface area contributed by atoms with Crippen molar-refractivity contribution in [3.8, 4) is 11.6 Å². The summed E-state index contributed by atoms with van der Waals surface area (Å²) in [5.41, 5.74) is 3.16. The Bertz CT molecular complexity index is 899. The molecule has 1 fully saturated rings. The van der Waals surface area contributed by atoms with Crippen LogP contribution in [0.3, 0.4) is 0 Å². The van der Waals surface area contributed by atoms with Crippen molar-refractivity contribution in [3.63, 3.8) is 0 Å². The van der Waals surface area contributed by atoms with Gasteiger partial charge in [-0.05, 0) is 35.7 Å². The van der Waals surface area contributed by atoms with Crippen molar-refractivity contribution in [1.29, 1.82) is 0 Å². The van der Waals surface area contributed by atoms with Gasteiger partial charge in [0, 0.05) is 37.8 Å². The van der Waals surface area contributed by atoms with Gasteiger partial charge in [-0.25, -0.2) is 4.98 Å². The van der Waals surface area contributed by atoms with Crippen molar-refractivity contribution in [3.05, 3.63) is 53.2 Å². The highest BCUT2D eigenvalue weighted by atomic mass is 16.5. The number of rotatable bonds is 5. The predicted molar refractivity (Wildman–Crippen MR) is 106 cm³/mol. The van der Waals surface area contributed by atoms with Gasteiger partial charge in [0.2, 0.25) is 17.7 Å². The molecule has 2 aromatic rings. The lowest BCUT2D eigenvalue weighted by Crippen LogP contribution is -2.40. The zero-order valence-electron chi connectivity index (χ0n) is 16.8. The summed E-state index contributed by atoms with van der Waals surface area (Å²) < 4.78 is 10.5. The zero-order chi connectivity index (χ0) is 20.4. The van der Waals surface area contributed by atoms with Crippen LogP contribution in [0.15, 0.2) is 36.5 Å². The fraction of sp³-hybridized carbons (Fsp3) is 0.409. The molecule has 1 saturated heterocycles. The van der Waals surface area contributed by atoms with Crippen LogP contribution in [0.25, 0.3) is 0 Å². The predicted octanol–water partition coefficient (Wildman–Crippen LogP) is 2.03. The van der Waals surface area contributed by atoms with Gasteiger partial charge in [-0.3, -0.25) is 9.59 Å². The molecule has 4 rings (SSSR count). The molecule has 0 N–H and O–H groups in total. The molecule has 7 heteroatoms. The van der Waals surface area contributed by atoms with E-state index in [0.29, 0.717) is 32.1 Å². The largest absolute Gasteiger partial charge is 0.497 e. The van der Waals surface area contributed by atoms with Crippen molar-refractivity contribution >= 4 is 11.8 Å². The summed E-state index contributed by atoms with van der Waals surface area (Å²) in [6, 6.07) is 9.63. The molecule has 0 bridgehead atoms. The lowest BCUT2D eigenvalue weighted by Gasteiger charge is -2.31. The van der Waals surface area contributed by atoms with Crippen molar-refractivity contribution < 1.29 is 19.1 Å². The van der Waals surface area contributed by atoms with Crippen LogP contribution < -0.4 is 9.47 Å². The second-order valence-corrected chi connectivity index (χ2v) is 7.49. The summed E-state index contributed by atoms with van der Waals surface area (Å²) in [5, 5.41) is 0. The van der Waals surface area contributed by atoms with Crippen LogP contribution in [-0.4, -0.2) is 53.9 Å². The average molecular weight is 395 g/mol. The van der Waals surface area contributed by atoms with Crippen LogP contribution in [0, 0.1) is 5.92 Å². The smallest absolute Gasteiger partial charge is 0.228 e. The third-order valence-electron chi connectivity index (χ3n) is 5.71. The lowest BCUT2D eigenvalue weighted by atomic mass is 9.99. The molecule has 2 aliphatic rings. The van der Waals surface area contributed by atoms with Crippen LogP contribution in [0.1, 0.15) is 23.1 Å². The standard InChI is InChI=1S/C22H25N3O4/c1-28-18-5-3-15(4-6-18)12-25-13-17(11-20(25)26)22(27)24-10-8-16-7-9-23-21(29-2)19(16)14-24/h3-7,9,17H,8,10-14H2,1-2H3. The number of nitrogens with zero attached hydrogens (tertiary/aromatic N) is 3. The minimum Gasteiger partial charge on any atom is -0.497 e. The number of carbonyl (C=O) groups is 2. The Kier molecular flexibility index (Phi) is 5.38. The van der Waals surface area contributed by atoms with Gasteiger partial charge in [-0.1, -0.05) is 12.1 Å². The summed E-state index contributed by atoms with van der Waals surface area (Å²) in [6.45, 7) is 2.10. The fourth-order valence-corrected chi connectivity index (χ4v) is 4.10. The van der Waals surface area contributed by atoms with Gasteiger partial charge in [-0.15, -0.1) is 0 Å². The van der Waals surface area contributed by atoms with Crippen molar-refractivity contribution in [2.24, 2.45) is 5.92 Å². The van der Waals surface area contributed by atoms with Crippen molar-refractivity contribution in [2.45, 2.75) is 25.9 Å². The Morgan fingerprint density at radius 1 is 1.17 bits per heavy atom. The molecule has 152 valence electrons. The topological polar surface area (TPSA) is 72.0 Å². The molecule has 1 unspecified atom stereocenters. The normalized spacial score (nSPS) is 18.6. The molecule has 1 aromatic carbocycles. The van der Waals surface area contributed by atoms with E-state index in [9.17, 15) is 9.59 Å². The second kappa shape index (κ2) is 8.11. The number of likely N-dealkylation sites (tertiary alicyclic amines) is 1. The number of amides is 2. The quantitative estimate of drug-likeness (QED) is 0.775. The van der Waals surface area contributed by atoms with E-state index in [0.717, 1.165) is 23.3 Å². The van der Waals surface area contributed by atoms with Gasteiger partial charge < -0.3 is 19.3 Å². The average Bonchev–Trinajstić information content (AvgIpc) is 3.13. The summed E-state index contributed by atoms with van der Waals surface area (Å²) in [5.74, 6) is 1.11. The summed E-state index contributed by atoms with van der Waals surface area (Å²) in [6.07, 6.45) is 2.78. The summed E-state index contributed by atoms with van der Waals surface area (Å²) in [7, 11) is 3.22. The van der Waals surface area contributed by atoms with Gasteiger partial charge in [0.1, 0.15) is 5.75 Å². The lowest BCUT2D eigenvalue weighted by molar-refractivity contribution is -0.136. The number of fused-ring (bicyclic) bond motifs is 1. The number of ether oxygens (including phenoxy) is 2. The number of carbonyl (C=O) groups excluding carboxylic acids is 2. The number of methoxy groups -OCH3 is 2. The zero-order valence-corrected chi connectivity index (χ0v) is 16.8. The van der Waals surface area contributed by atoms with Gasteiger partial charge >= 0.3 is 0 Å². The van der Waals surface area contributed by atoms with E-state index >= 15 is 0 Å². The van der Waals surface area contributed by atoms with Gasteiger partial charge in [-0.2, -0.15) is 0 Å². The van der Waals surface area contributed by atoms with E-state index in [1.165, 1.54) is 5.56 Å². The first-order valence-electron chi connectivity index (χ1n) is 9.79. The second-order valence-electron chi connectivity index (χ2n) is 7.49. The van der Waals surface area contributed by atoms with Crippen LogP contribution in [-0.2, 0) is 29.1 Å². The summed E-state index contributed by atoms with van der Waals surface area (Å²) in [4.78, 5) is 33.5. The van der Waals surface area contributed by atoms with E-state index in [4.69, 9.17) is 9.47 Å². The Morgan fingerprint density at radius 2 is 1.97 bits per heavy atom. The van der Waals surface area contributed by atoms with Gasteiger partial charge in [0.15, 0.2) is 0 Å². The van der Waals surface area contributed by atoms with E-state index in [-0.39, 0.29) is 24.2 Å². The molecule has 0 aliphatic carbocycles. The molecule has 2 amide bonds. The number of benzene rings is 1. The first-order valence-corrected chi connectivity index (χ1v) is 9.79. The number of aromatic nitrogens is 1. The number of hydrogen-bond acceptors (Lipinski definition) is 5. The number of pyridine rings is 1. The molecular weight excluding hydrogens is 370 g/mol. The third kappa shape index (κ3) is 3.90. The molecule has 1 atom stereocenters. The molecular formula is C22H25N3O4. The summed E-state index contributed by atoms with van der Waals surface area (Å²) >= 11 is 0. The molecule has 1 aromatic heterocycles. The maximum atomic E-state index is 13.1. The minimum absolute atomic E-state index is 0.0239. The maximum Gasteiger partial charge on any atom is 0.228 e. The van der Waals surface area contributed by atoms with Crippen LogP contribution in [0.5, 0.6) is 11.6 Å². The fourth-order valence-electron chi connectivity index (χ4n) is 4.10. The van der Waals surface area contributed by atoms with E-state index in [1.807, 2.05) is 35.2 Å². The monoisotopic (exact) mass is 395 g/mol. The Hall–Kier alpha value is -3.09. The Balaban J connectivity index is 1.41. The van der Waals surface area contributed by atoms with Crippen molar-refractivity contribution in [2.75, 3.05) is 27.3 Å². The molecule has 2 aliphatic heterocycles. The highest BCUT2D eigenvalue weighted by molar-refractivity contribution is 5.89. The third-order valence-corrected chi connectivity index (χ3v) is 5.71. The molecule has 3 heterocycles. The van der Waals surface area contributed by atoms with Crippen LogP contribution >= 0.6 is 0 Å². The highest BCUT2D eigenvalue weighted by Gasteiger charge is 2.37. The van der Waals surface area contributed by atoms with E-state index in [1.54, 1.807) is 25.3 Å². The molecule has 7 nitrogen and oxygen atoms in total. The first-order chi connectivity index (χ1) is 14.1. The van der Waals surface area contributed by atoms with Crippen molar-refractivity contribution in [1.82, 2.24) is 14.8 Å². The molecule has 0 spiro atoms. The van der Waals surface area contributed by atoms with E-state index < -0.39 is 0 Å². The Morgan fingerprint density at radius 3 is 2.69 bits per heavy atom. The van der Waals surface area contributed by atoms with Crippen LogP contribution in [0.2, 0.25) is 0 Å². The van der Waals surface area contributed by atoms with Gasteiger partial charge in [0.05, 0.1) is 26.7 Å². The molecule has 0 radical (unpaired) electrons. The Labute approximate surface area is 170 Å². The molecule has 0 saturated carbocycles. The van der Waals surface area contributed by atoms with Gasteiger partial charge in [0.25, 0.3) is 0 Å². The first kappa shape index (κ1) is 19.2.